The molecule has 3 aromatic rings. The number of carbonyl (C=O) groups excluding carboxylic acids is 1. The van der Waals surface area contributed by atoms with Gasteiger partial charge in [-0.3, -0.25) is 9.32 Å². The summed E-state index contributed by atoms with van der Waals surface area (Å²) in [6.45, 7) is 0. The second-order valence-electron chi connectivity index (χ2n) is 5.26. The smallest absolute Gasteiger partial charge is 0.442 e. The number of hydrogen-bond acceptors (Lipinski definition) is 5. The Hall–Kier alpha value is -2.42. The molecule has 1 amide bonds. The number of H-pyrrole nitrogens is 1. The van der Waals surface area contributed by atoms with Gasteiger partial charge in [0.05, 0.1) is 28.6 Å². The molecule has 0 aliphatic rings. The van der Waals surface area contributed by atoms with E-state index >= 15 is 0 Å². The number of methoxy groups -OCH3 is 1. The number of thioether (sulfide) groups is 1. The lowest BCUT2D eigenvalue weighted by Gasteiger charge is -2.06. The minimum absolute atomic E-state index is 0.0262. The number of aromatic nitrogens is 2. The van der Waals surface area contributed by atoms with Crippen molar-refractivity contribution in [2.75, 3.05) is 18.2 Å². The summed E-state index contributed by atoms with van der Waals surface area (Å²) in [6.07, 6.45) is 0. The Kier molecular flexibility index (Phi) is 6.10. The molecule has 0 saturated heterocycles. The molecule has 0 unspecified atom stereocenters. The number of aromatic amines is 1. The van der Waals surface area contributed by atoms with Crippen LogP contribution >= 0.6 is 35.0 Å². The predicted molar refractivity (Wildman–Crippen MR) is 103 cm³/mol. The summed E-state index contributed by atoms with van der Waals surface area (Å²) in [7, 11) is 1.56. The number of anilines is 1. The van der Waals surface area contributed by atoms with Gasteiger partial charge in [-0.25, -0.2) is 4.79 Å². The first-order valence-corrected chi connectivity index (χ1v) is 9.38. The average molecular weight is 427 g/mol. The summed E-state index contributed by atoms with van der Waals surface area (Å²) in [6, 6.07) is 11.9. The molecule has 0 fully saturated rings. The van der Waals surface area contributed by atoms with E-state index in [0.29, 0.717) is 22.1 Å². The largest absolute Gasteiger partial charge is 0.497 e. The van der Waals surface area contributed by atoms with E-state index in [-0.39, 0.29) is 21.7 Å². The Bertz CT molecular complexity index is 1020. The normalized spacial score (nSPS) is 10.6. The van der Waals surface area contributed by atoms with Crippen molar-refractivity contribution in [2.45, 2.75) is 5.03 Å². The zero-order chi connectivity index (χ0) is 19.4. The summed E-state index contributed by atoms with van der Waals surface area (Å²) in [4.78, 5) is 24.2. The van der Waals surface area contributed by atoms with Gasteiger partial charge in [0, 0.05) is 12.1 Å². The molecule has 0 aliphatic heterocycles. The number of carbonyl (C=O) groups is 1. The lowest BCUT2D eigenvalue weighted by atomic mass is 10.3. The molecule has 1 heterocycles. The zero-order valence-corrected chi connectivity index (χ0v) is 16.3. The van der Waals surface area contributed by atoms with Crippen molar-refractivity contribution in [3.8, 4) is 11.4 Å². The molecule has 0 bridgehead atoms. The second-order valence-corrected chi connectivity index (χ2v) is 7.01. The number of rotatable bonds is 6. The maximum Gasteiger partial charge on any atom is 0.442 e. The van der Waals surface area contributed by atoms with E-state index in [1.807, 2.05) is 0 Å². The van der Waals surface area contributed by atoms with Crippen molar-refractivity contribution in [1.82, 2.24) is 5.27 Å². The van der Waals surface area contributed by atoms with E-state index in [0.717, 1.165) is 11.8 Å². The first kappa shape index (κ1) is 19.3. The standard InChI is InChI=1S/C17H13Cl2N3O4S/c1-25-11-7-5-10(6-8-11)22-16(17(24)26-21-22)27-9-14(23)20-13-4-2-3-12(18)15(13)19/h2-8H,9H2,1H3,(H-,20,21,23,24)/p+1. The predicted octanol–water partition coefficient (Wildman–Crippen LogP) is 3.29. The van der Waals surface area contributed by atoms with E-state index in [2.05, 4.69) is 10.6 Å². The van der Waals surface area contributed by atoms with Gasteiger partial charge in [-0.05, 0) is 46.0 Å². The second kappa shape index (κ2) is 8.51. The van der Waals surface area contributed by atoms with Crippen LogP contribution in [0.5, 0.6) is 5.75 Å². The molecule has 0 atom stereocenters. The van der Waals surface area contributed by atoms with E-state index in [1.165, 1.54) is 4.68 Å². The van der Waals surface area contributed by atoms with Crippen molar-refractivity contribution in [1.29, 1.82) is 0 Å². The minimum Gasteiger partial charge on any atom is -0.497 e. The van der Waals surface area contributed by atoms with Crippen molar-refractivity contribution < 1.29 is 18.7 Å². The molecule has 0 spiro atoms. The molecule has 0 aliphatic carbocycles. The molecule has 140 valence electrons. The van der Waals surface area contributed by atoms with E-state index < -0.39 is 5.63 Å². The van der Waals surface area contributed by atoms with Gasteiger partial charge in [0.2, 0.25) is 11.6 Å². The maximum absolute atomic E-state index is 12.2. The summed E-state index contributed by atoms with van der Waals surface area (Å²) < 4.78 is 11.4. The molecular weight excluding hydrogens is 413 g/mol. The summed E-state index contributed by atoms with van der Waals surface area (Å²) in [5.41, 5.74) is 0.478. The van der Waals surface area contributed by atoms with Crippen LogP contribution in [-0.4, -0.2) is 24.0 Å². The topological polar surface area (TPSA) is 88.2 Å². The maximum atomic E-state index is 12.2. The van der Waals surface area contributed by atoms with Crippen LogP contribution in [0.1, 0.15) is 0 Å². The van der Waals surface area contributed by atoms with Crippen LogP contribution in [0.4, 0.5) is 5.69 Å². The molecule has 0 radical (unpaired) electrons. The molecule has 2 N–H and O–H groups in total. The number of ether oxygens (including phenoxy) is 1. The minimum atomic E-state index is -0.579. The van der Waals surface area contributed by atoms with Gasteiger partial charge in [-0.1, -0.05) is 29.3 Å². The molecule has 3 rings (SSSR count). The zero-order valence-electron chi connectivity index (χ0n) is 14.0. The highest BCUT2D eigenvalue weighted by atomic mass is 35.5. The van der Waals surface area contributed by atoms with Gasteiger partial charge >= 0.3 is 10.7 Å². The van der Waals surface area contributed by atoms with Gasteiger partial charge in [0.1, 0.15) is 5.75 Å². The number of hydrogen-bond donors (Lipinski definition) is 2. The Labute approximate surface area is 168 Å². The lowest BCUT2D eigenvalue weighted by molar-refractivity contribution is -0.704. The fourth-order valence-electron chi connectivity index (χ4n) is 2.21. The summed E-state index contributed by atoms with van der Waals surface area (Å²) >= 11 is 13.0. The molecule has 10 heteroatoms. The van der Waals surface area contributed by atoms with Crippen molar-refractivity contribution in [2.24, 2.45) is 0 Å². The Balaban J connectivity index is 1.72. The summed E-state index contributed by atoms with van der Waals surface area (Å²) in [5.74, 6) is 0.310. The third-order valence-electron chi connectivity index (χ3n) is 3.50. The molecule has 0 saturated carbocycles. The number of benzene rings is 2. The first-order valence-electron chi connectivity index (χ1n) is 7.64. The SMILES string of the molecule is COc1ccc(-[n+]2[nH]oc(=O)c2SCC(=O)Nc2cccc(Cl)c2Cl)cc1. The van der Waals surface area contributed by atoms with Crippen LogP contribution in [0.3, 0.4) is 0 Å². The quantitative estimate of drug-likeness (QED) is 0.466. The van der Waals surface area contributed by atoms with E-state index in [1.54, 1.807) is 49.6 Å². The van der Waals surface area contributed by atoms with Crippen molar-refractivity contribution in [3.63, 3.8) is 0 Å². The van der Waals surface area contributed by atoms with Crippen LogP contribution < -0.4 is 20.4 Å². The fraction of sp³-hybridized carbons (Fsp3) is 0.118. The first-order chi connectivity index (χ1) is 13.0. The highest BCUT2D eigenvalue weighted by Crippen LogP contribution is 2.29. The van der Waals surface area contributed by atoms with Gasteiger partial charge in [0.15, 0.2) is 0 Å². The Morgan fingerprint density at radius 1 is 1.26 bits per heavy atom. The van der Waals surface area contributed by atoms with Crippen molar-refractivity contribution in [3.05, 3.63) is 62.9 Å². The average Bonchev–Trinajstić information content (AvgIpc) is 3.04. The molecule has 2 aromatic carbocycles. The highest BCUT2D eigenvalue weighted by Gasteiger charge is 2.25. The van der Waals surface area contributed by atoms with Gasteiger partial charge in [-0.15, -0.1) is 0 Å². The highest BCUT2D eigenvalue weighted by molar-refractivity contribution is 7.99. The molecule has 27 heavy (non-hydrogen) atoms. The van der Waals surface area contributed by atoms with Crippen LogP contribution in [-0.2, 0) is 4.79 Å². The third-order valence-corrected chi connectivity index (χ3v) is 5.35. The Morgan fingerprint density at radius 2 is 2.00 bits per heavy atom. The van der Waals surface area contributed by atoms with Crippen LogP contribution in [0.2, 0.25) is 10.0 Å². The van der Waals surface area contributed by atoms with Crippen LogP contribution in [0, 0.1) is 0 Å². The lowest BCUT2D eigenvalue weighted by Crippen LogP contribution is -2.36. The number of amides is 1. The van der Waals surface area contributed by atoms with E-state index in [4.69, 9.17) is 32.5 Å². The molecular formula is C17H14Cl2N3O4S+. The van der Waals surface area contributed by atoms with Gasteiger partial charge < -0.3 is 10.1 Å². The van der Waals surface area contributed by atoms with Gasteiger partial charge in [-0.2, -0.15) is 0 Å². The number of nitrogens with zero attached hydrogens (tertiary/aromatic N) is 1. The molecule has 1 aromatic heterocycles. The number of nitrogens with one attached hydrogen (secondary N) is 2. The van der Waals surface area contributed by atoms with E-state index in [9.17, 15) is 9.59 Å². The van der Waals surface area contributed by atoms with Crippen molar-refractivity contribution >= 4 is 46.6 Å². The van der Waals surface area contributed by atoms with Crippen LogP contribution in [0.15, 0.2) is 56.8 Å². The van der Waals surface area contributed by atoms with Gasteiger partial charge in [0.25, 0.3) is 0 Å². The van der Waals surface area contributed by atoms with Crippen LogP contribution in [0.25, 0.3) is 5.69 Å². The third kappa shape index (κ3) is 4.47. The monoisotopic (exact) mass is 426 g/mol. The fourth-order valence-corrected chi connectivity index (χ4v) is 3.33. The summed E-state index contributed by atoms with van der Waals surface area (Å²) in [5, 5.41) is 6.00. The number of halogens is 2. The Morgan fingerprint density at radius 3 is 2.70 bits per heavy atom. The molecule has 7 nitrogen and oxygen atoms in total.